The molecule has 0 saturated heterocycles. The maximum atomic E-state index is 12.8. The van der Waals surface area contributed by atoms with Gasteiger partial charge in [0.05, 0.1) is 10.6 Å². The molecule has 0 unspecified atom stereocenters. The third-order valence-electron chi connectivity index (χ3n) is 3.29. The molecule has 0 spiro atoms. The van der Waals surface area contributed by atoms with Gasteiger partial charge in [-0.3, -0.25) is 19.8 Å². The fraction of sp³-hybridized carbons (Fsp3) is 0.235. The smallest absolute Gasteiger partial charge is 0.275 e. The minimum Gasteiger partial charge on any atom is -0.364 e. The predicted octanol–water partition coefficient (Wildman–Crippen LogP) is 2.49. The highest BCUT2D eigenvalue weighted by Gasteiger charge is 2.22. The Kier molecular flexibility index (Phi) is 6.35. The number of hydrogen-bond acceptors (Lipinski definition) is 7. The zero-order valence-corrected chi connectivity index (χ0v) is 15.9. The zero-order valence-electron chi connectivity index (χ0n) is 15.1. The number of benzene rings is 1. The molecule has 2 rings (SSSR count). The van der Waals surface area contributed by atoms with E-state index >= 15 is 0 Å². The lowest BCUT2D eigenvalue weighted by Crippen LogP contribution is -2.35. The van der Waals surface area contributed by atoms with Crippen LogP contribution in [-0.4, -0.2) is 24.4 Å². The standard InChI is InChI=1S/C17H21N5O4S/c1-12(2)19-17(11-22(23)24)21-27(25,26)16-10-18-8-7-15(16)20-14-6-4-5-13(3)9-14/h4-12,19,21H,1-3H3,(H,18,20)/b17-11+. The molecule has 144 valence electrons. The third kappa shape index (κ3) is 5.96. The van der Waals surface area contributed by atoms with Gasteiger partial charge in [-0.25, -0.2) is 8.42 Å². The fourth-order valence-corrected chi connectivity index (χ4v) is 3.40. The van der Waals surface area contributed by atoms with E-state index in [1.165, 1.54) is 18.5 Å². The first-order valence-electron chi connectivity index (χ1n) is 8.10. The van der Waals surface area contributed by atoms with Crippen LogP contribution in [0.1, 0.15) is 19.4 Å². The van der Waals surface area contributed by atoms with Crippen molar-refractivity contribution in [3.05, 3.63) is 70.4 Å². The molecule has 0 atom stereocenters. The van der Waals surface area contributed by atoms with E-state index in [4.69, 9.17) is 0 Å². The minimum atomic E-state index is -4.12. The van der Waals surface area contributed by atoms with Crippen LogP contribution in [-0.2, 0) is 10.0 Å². The van der Waals surface area contributed by atoms with Gasteiger partial charge in [-0.05, 0) is 44.5 Å². The van der Waals surface area contributed by atoms with Crippen LogP contribution in [0.5, 0.6) is 0 Å². The minimum absolute atomic E-state index is 0.133. The highest BCUT2D eigenvalue weighted by Crippen LogP contribution is 2.24. The van der Waals surface area contributed by atoms with Crippen molar-refractivity contribution in [2.24, 2.45) is 0 Å². The molecule has 0 saturated carbocycles. The van der Waals surface area contributed by atoms with Crippen molar-refractivity contribution in [1.82, 2.24) is 15.0 Å². The largest absolute Gasteiger partial charge is 0.364 e. The predicted molar refractivity (Wildman–Crippen MR) is 102 cm³/mol. The molecule has 0 radical (unpaired) electrons. The van der Waals surface area contributed by atoms with Crippen molar-refractivity contribution in [3.63, 3.8) is 0 Å². The fourth-order valence-electron chi connectivity index (χ4n) is 2.28. The lowest BCUT2D eigenvalue weighted by atomic mass is 10.2. The summed E-state index contributed by atoms with van der Waals surface area (Å²) in [6.45, 7) is 5.39. The number of nitrogens with one attached hydrogen (secondary N) is 3. The second kappa shape index (κ2) is 8.49. The molecule has 0 bridgehead atoms. The van der Waals surface area contributed by atoms with Gasteiger partial charge in [-0.15, -0.1) is 0 Å². The summed E-state index contributed by atoms with van der Waals surface area (Å²) >= 11 is 0. The van der Waals surface area contributed by atoms with Crippen LogP contribution in [0.4, 0.5) is 11.4 Å². The molecule has 0 aliphatic heterocycles. The van der Waals surface area contributed by atoms with Gasteiger partial charge >= 0.3 is 0 Å². The summed E-state index contributed by atoms with van der Waals surface area (Å²) in [7, 11) is -4.12. The Morgan fingerprint density at radius 2 is 2.04 bits per heavy atom. The van der Waals surface area contributed by atoms with Gasteiger partial charge in [0.15, 0.2) is 5.82 Å². The van der Waals surface area contributed by atoms with Gasteiger partial charge in [0, 0.05) is 24.1 Å². The topological polar surface area (TPSA) is 126 Å². The van der Waals surface area contributed by atoms with Crippen molar-refractivity contribution in [2.45, 2.75) is 31.7 Å². The average Bonchev–Trinajstić information content (AvgIpc) is 2.53. The number of aromatic nitrogens is 1. The van der Waals surface area contributed by atoms with E-state index < -0.39 is 14.9 Å². The Bertz CT molecular complexity index is 957. The van der Waals surface area contributed by atoms with Crippen molar-refractivity contribution in [2.75, 3.05) is 5.32 Å². The summed E-state index contributed by atoms with van der Waals surface area (Å²) in [5.74, 6) is -0.236. The van der Waals surface area contributed by atoms with Crippen LogP contribution < -0.4 is 15.4 Å². The van der Waals surface area contributed by atoms with Crippen molar-refractivity contribution in [3.8, 4) is 0 Å². The number of aryl methyl sites for hydroxylation is 1. The molecular formula is C17H21N5O4S. The number of anilines is 2. The Balaban J connectivity index is 2.37. The van der Waals surface area contributed by atoms with Crippen molar-refractivity contribution in [1.29, 1.82) is 0 Å². The molecule has 0 aliphatic carbocycles. The van der Waals surface area contributed by atoms with E-state index in [2.05, 4.69) is 20.3 Å². The number of hydrogen-bond donors (Lipinski definition) is 3. The molecule has 1 heterocycles. The number of nitrogens with zero attached hydrogens (tertiary/aromatic N) is 2. The molecule has 0 fully saturated rings. The lowest BCUT2D eigenvalue weighted by molar-refractivity contribution is -0.404. The van der Waals surface area contributed by atoms with E-state index in [0.29, 0.717) is 17.6 Å². The van der Waals surface area contributed by atoms with Crippen LogP contribution in [0, 0.1) is 17.0 Å². The zero-order chi connectivity index (χ0) is 20.0. The summed E-state index contributed by atoms with van der Waals surface area (Å²) < 4.78 is 27.8. The van der Waals surface area contributed by atoms with Gasteiger partial charge in [-0.2, -0.15) is 0 Å². The lowest BCUT2D eigenvalue weighted by Gasteiger charge is -2.16. The molecule has 10 heteroatoms. The number of rotatable bonds is 8. The Morgan fingerprint density at radius 3 is 2.67 bits per heavy atom. The van der Waals surface area contributed by atoms with Gasteiger partial charge in [0.2, 0.25) is 0 Å². The first-order chi connectivity index (χ1) is 12.7. The third-order valence-corrected chi connectivity index (χ3v) is 4.69. The van der Waals surface area contributed by atoms with Crippen LogP contribution in [0.2, 0.25) is 0 Å². The monoisotopic (exact) mass is 391 g/mol. The number of sulfonamides is 1. The van der Waals surface area contributed by atoms with Crippen molar-refractivity contribution < 1.29 is 13.3 Å². The molecule has 0 aliphatic rings. The molecule has 3 N–H and O–H groups in total. The molecule has 0 amide bonds. The molecular weight excluding hydrogens is 370 g/mol. The van der Waals surface area contributed by atoms with Gasteiger partial charge < -0.3 is 10.6 Å². The van der Waals surface area contributed by atoms with E-state index in [1.54, 1.807) is 19.9 Å². The van der Waals surface area contributed by atoms with E-state index in [1.807, 2.05) is 25.1 Å². The second-order valence-corrected chi connectivity index (χ2v) is 7.75. The van der Waals surface area contributed by atoms with E-state index in [0.717, 1.165) is 5.56 Å². The maximum Gasteiger partial charge on any atom is 0.275 e. The second-order valence-electron chi connectivity index (χ2n) is 6.10. The van der Waals surface area contributed by atoms with Crippen LogP contribution >= 0.6 is 0 Å². The molecule has 1 aromatic carbocycles. The van der Waals surface area contributed by atoms with E-state index in [-0.39, 0.29) is 16.8 Å². The van der Waals surface area contributed by atoms with Gasteiger partial charge in [-0.1, -0.05) is 12.1 Å². The summed E-state index contributed by atoms with van der Waals surface area (Å²) in [6, 6.07) is 8.73. The Morgan fingerprint density at radius 1 is 1.30 bits per heavy atom. The number of pyridine rings is 1. The highest BCUT2D eigenvalue weighted by molar-refractivity contribution is 7.89. The normalized spacial score (nSPS) is 11.9. The number of nitro groups is 1. The molecule has 1 aromatic heterocycles. The first kappa shape index (κ1) is 20.2. The Hall–Kier alpha value is -3.14. The summed E-state index contributed by atoms with van der Waals surface area (Å²) in [5, 5.41) is 16.5. The average molecular weight is 391 g/mol. The summed E-state index contributed by atoms with van der Waals surface area (Å²) in [6.07, 6.45) is 3.21. The van der Waals surface area contributed by atoms with Crippen LogP contribution in [0.15, 0.2) is 59.6 Å². The summed E-state index contributed by atoms with van der Waals surface area (Å²) in [4.78, 5) is 13.8. The molecule has 2 aromatic rings. The van der Waals surface area contributed by atoms with Gasteiger partial charge in [0.25, 0.3) is 16.2 Å². The van der Waals surface area contributed by atoms with E-state index in [9.17, 15) is 18.5 Å². The maximum absolute atomic E-state index is 12.8. The molecule has 27 heavy (non-hydrogen) atoms. The highest BCUT2D eigenvalue weighted by atomic mass is 32.2. The first-order valence-corrected chi connectivity index (χ1v) is 9.58. The quantitative estimate of drug-likeness (QED) is 0.466. The van der Waals surface area contributed by atoms with Crippen LogP contribution in [0.25, 0.3) is 0 Å². The van der Waals surface area contributed by atoms with Crippen LogP contribution in [0.3, 0.4) is 0 Å². The SMILES string of the molecule is Cc1cccc(Nc2ccncc2S(=O)(=O)N/C(=C/[N+](=O)[O-])NC(C)C)c1. The molecule has 9 nitrogen and oxygen atoms in total. The summed E-state index contributed by atoms with van der Waals surface area (Å²) in [5.41, 5.74) is 2.01. The van der Waals surface area contributed by atoms with Gasteiger partial charge in [0.1, 0.15) is 4.90 Å². The Labute approximate surface area is 157 Å². The van der Waals surface area contributed by atoms with Crippen molar-refractivity contribution >= 4 is 21.4 Å².